The lowest BCUT2D eigenvalue weighted by Gasteiger charge is -2.30. The van der Waals surface area contributed by atoms with E-state index in [2.05, 4.69) is 5.32 Å². The minimum absolute atomic E-state index is 0.0230. The summed E-state index contributed by atoms with van der Waals surface area (Å²) in [4.78, 5) is 25.2. The van der Waals surface area contributed by atoms with Crippen LogP contribution in [0, 0.1) is 0 Å². The molecule has 1 aliphatic heterocycles. The van der Waals surface area contributed by atoms with E-state index in [1.807, 2.05) is 4.90 Å². The zero-order valence-electron chi connectivity index (χ0n) is 12.1. The lowest BCUT2D eigenvalue weighted by Crippen LogP contribution is -2.44. The Morgan fingerprint density at radius 1 is 1.29 bits per heavy atom. The monoisotopic (exact) mass is 291 g/mol. The minimum atomic E-state index is -1.02. The fourth-order valence-corrected chi connectivity index (χ4v) is 2.50. The fraction of sp³-hybridized carbons (Fsp3) is 0.467. The van der Waals surface area contributed by atoms with E-state index < -0.39 is 12.0 Å². The molecule has 0 aliphatic carbocycles. The van der Waals surface area contributed by atoms with Crippen LogP contribution >= 0.6 is 0 Å². The highest BCUT2D eigenvalue weighted by Crippen LogP contribution is 2.22. The first kappa shape index (κ1) is 15.2. The number of anilines is 2. The largest absolute Gasteiger partial charge is 0.478 e. The van der Waals surface area contributed by atoms with Gasteiger partial charge >= 0.3 is 5.97 Å². The Hall–Kier alpha value is -2.24. The fourth-order valence-electron chi connectivity index (χ4n) is 2.50. The number of carbonyl (C=O) groups excluding carboxylic acids is 1. The van der Waals surface area contributed by atoms with Gasteiger partial charge in [-0.3, -0.25) is 4.79 Å². The first-order valence-electron chi connectivity index (χ1n) is 7.17. The van der Waals surface area contributed by atoms with Crippen molar-refractivity contribution in [2.45, 2.75) is 32.2 Å². The Bertz CT molecular complexity index is 539. The lowest BCUT2D eigenvalue weighted by molar-refractivity contribution is -0.132. The second-order valence-corrected chi connectivity index (χ2v) is 5.36. The topological polar surface area (TPSA) is 95.7 Å². The SMILES string of the molecule is CC(Nc1cc(C(=O)O)ccc1N)C(=O)N1CCCCC1. The molecule has 0 radical (unpaired) electrons. The van der Waals surface area contributed by atoms with E-state index in [9.17, 15) is 9.59 Å². The Labute approximate surface area is 123 Å². The number of piperidine rings is 1. The number of carboxylic acid groups (broad SMARTS) is 1. The van der Waals surface area contributed by atoms with Crippen LogP contribution in [0.25, 0.3) is 0 Å². The van der Waals surface area contributed by atoms with E-state index in [4.69, 9.17) is 10.8 Å². The van der Waals surface area contributed by atoms with E-state index in [1.165, 1.54) is 24.6 Å². The number of carboxylic acids is 1. The van der Waals surface area contributed by atoms with Gasteiger partial charge in [0.1, 0.15) is 6.04 Å². The maximum Gasteiger partial charge on any atom is 0.335 e. The van der Waals surface area contributed by atoms with Crippen LogP contribution in [0.1, 0.15) is 36.5 Å². The van der Waals surface area contributed by atoms with Crippen molar-refractivity contribution in [1.82, 2.24) is 4.90 Å². The van der Waals surface area contributed by atoms with Gasteiger partial charge in [0.25, 0.3) is 0 Å². The van der Waals surface area contributed by atoms with Crippen molar-refractivity contribution in [3.8, 4) is 0 Å². The van der Waals surface area contributed by atoms with Gasteiger partial charge < -0.3 is 21.1 Å². The number of rotatable bonds is 4. The highest BCUT2D eigenvalue weighted by atomic mass is 16.4. The van der Waals surface area contributed by atoms with E-state index in [0.29, 0.717) is 11.4 Å². The van der Waals surface area contributed by atoms with Crippen LogP contribution in [0.3, 0.4) is 0 Å². The standard InChI is InChI=1S/C15H21N3O3/c1-10(14(19)18-7-3-2-4-8-18)17-13-9-11(15(20)21)5-6-12(13)16/h5-6,9-10,17H,2-4,7-8,16H2,1H3,(H,20,21). The Morgan fingerprint density at radius 2 is 1.95 bits per heavy atom. The summed E-state index contributed by atoms with van der Waals surface area (Å²) in [6.07, 6.45) is 3.24. The maximum atomic E-state index is 12.3. The van der Waals surface area contributed by atoms with Crippen molar-refractivity contribution in [3.05, 3.63) is 23.8 Å². The normalized spacial score (nSPS) is 16.3. The lowest BCUT2D eigenvalue weighted by atomic mass is 10.1. The van der Waals surface area contributed by atoms with Crippen molar-refractivity contribution in [1.29, 1.82) is 0 Å². The summed E-state index contributed by atoms with van der Waals surface area (Å²) < 4.78 is 0. The smallest absolute Gasteiger partial charge is 0.335 e. The second kappa shape index (κ2) is 6.47. The average molecular weight is 291 g/mol. The summed E-state index contributed by atoms with van der Waals surface area (Å²) in [5, 5.41) is 12.0. The molecule has 1 atom stereocenters. The summed E-state index contributed by atoms with van der Waals surface area (Å²) in [7, 11) is 0. The van der Waals surface area contributed by atoms with E-state index in [0.717, 1.165) is 25.9 Å². The van der Waals surface area contributed by atoms with Gasteiger partial charge in [-0.1, -0.05) is 0 Å². The van der Waals surface area contributed by atoms with Crippen LogP contribution in [0.4, 0.5) is 11.4 Å². The molecule has 1 amide bonds. The summed E-state index contributed by atoms with van der Waals surface area (Å²) in [5.41, 5.74) is 6.89. The highest BCUT2D eigenvalue weighted by Gasteiger charge is 2.22. The van der Waals surface area contributed by atoms with Crippen LogP contribution in [-0.4, -0.2) is 41.0 Å². The number of carbonyl (C=O) groups is 2. The van der Waals surface area contributed by atoms with Gasteiger partial charge in [0.05, 0.1) is 16.9 Å². The van der Waals surface area contributed by atoms with Gasteiger partial charge in [0, 0.05) is 13.1 Å². The quantitative estimate of drug-likeness (QED) is 0.735. The summed E-state index contributed by atoms with van der Waals surface area (Å²) in [5.74, 6) is -0.997. The number of hydrogen-bond donors (Lipinski definition) is 3. The van der Waals surface area contributed by atoms with Crippen LogP contribution in [0.2, 0.25) is 0 Å². The summed E-state index contributed by atoms with van der Waals surface area (Å²) in [6, 6.07) is 4.00. The van der Waals surface area contributed by atoms with Crippen molar-refractivity contribution >= 4 is 23.3 Å². The number of aromatic carboxylic acids is 1. The molecular weight excluding hydrogens is 270 g/mol. The molecule has 21 heavy (non-hydrogen) atoms. The molecule has 0 aromatic heterocycles. The van der Waals surface area contributed by atoms with E-state index in [-0.39, 0.29) is 11.5 Å². The number of amides is 1. The first-order valence-corrected chi connectivity index (χ1v) is 7.17. The van der Waals surface area contributed by atoms with Crippen LogP contribution in [0.5, 0.6) is 0 Å². The van der Waals surface area contributed by atoms with Gasteiger partial charge in [-0.15, -0.1) is 0 Å². The Kier molecular flexibility index (Phi) is 4.67. The molecule has 1 heterocycles. The van der Waals surface area contributed by atoms with E-state index in [1.54, 1.807) is 6.92 Å². The molecule has 0 spiro atoms. The maximum absolute atomic E-state index is 12.3. The van der Waals surface area contributed by atoms with Gasteiger partial charge in [0.2, 0.25) is 5.91 Å². The molecule has 114 valence electrons. The van der Waals surface area contributed by atoms with Crippen molar-refractivity contribution in [3.63, 3.8) is 0 Å². The van der Waals surface area contributed by atoms with E-state index >= 15 is 0 Å². The summed E-state index contributed by atoms with van der Waals surface area (Å²) >= 11 is 0. The molecule has 2 rings (SSSR count). The molecular formula is C15H21N3O3. The molecule has 1 saturated heterocycles. The molecule has 0 bridgehead atoms. The third-order valence-electron chi connectivity index (χ3n) is 3.71. The molecule has 6 heteroatoms. The van der Waals surface area contributed by atoms with Crippen molar-refractivity contribution in [2.75, 3.05) is 24.1 Å². The molecule has 1 aromatic carbocycles. The average Bonchev–Trinajstić information content (AvgIpc) is 2.49. The third-order valence-corrected chi connectivity index (χ3v) is 3.71. The number of likely N-dealkylation sites (tertiary alicyclic amines) is 1. The molecule has 1 aliphatic rings. The minimum Gasteiger partial charge on any atom is -0.478 e. The highest BCUT2D eigenvalue weighted by molar-refractivity contribution is 5.91. The predicted molar refractivity (Wildman–Crippen MR) is 81.3 cm³/mol. The number of nitrogens with one attached hydrogen (secondary N) is 1. The van der Waals surface area contributed by atoms with Crippen molar-refractivity contribution < 1.29 is 14.7 Å². The van der Waals surface area contributed by atoms with Crippen LogP contribution < -0.4 is 11.1 Å². The zero-order valence-corrected chi connectivity index (χ0v) is 12.1. The van der Waals surface area contributed by atoms with Gasteiger partial charge in [-0.25, -0.2) is 4.79 Å². The zero-order chi connectivity index (χ0) is 15.4. The number of nitrogen functional groups attached to an aromatic ring is 1. The van der Waals surface area contributed by atoms with Crippen LogP contribution in [-0.2, 0) is 4.79 Å². The Balaban J connectivity index is 2.07. The molecule has 1 aromatic rings. The number of benzene rings is 1. The van der Waals surface area contributed by atoms with Gasteiger partial charge in [0.15, 0.2) is 0 Å². The van der Waals surface area contributed by atoms with Crippen LogP contribution in [0.15, 0.2) is 18.2 Å². The summed E-state index contributed by atoms with van der Waals surface area (Å²) in [6.45, 7) is 3.34. The molecule has 4 N–H and O–H groups in total. The molecule has 0 saturated carbocycles. The molecule has 1 fully saturated rings. The Morgan fingerprint density at radius 3 is 2.57 bits per heavy atom. The second-order valence-electron chi connectivity index (χ2n) is 5.36. The molecule has 6 nitrogen and oxygen atoms in total. The third kappa shape index (κ3) is 3.65. The van der Waals surface area contributed by atoms with Gasteiger partial charge in [-0.2, -0.15) is 0 Å². The first-order chi connectivity index (χ1) is 9.99. The number of nitrogens with zero attached hydrogens (tertiary/aromatic N) is 1. The van der Waals surface area contributed by atoms with Crippen molar-refractivity contribution in [2.24, 2.45) is 0 Å². The van der Waals surface area contributed by atoms with Gasteiger partial charge in [-0.05, 0) is 44.4 Å². The number of hydrogen-bond acceptors (Lipinski definition) is 4. The predicted octanol–water partition coefficient (Wildman–Crippen LogP) is 1.78. The number of nitrogens with two attached hydrogens (primary N) is 1. The molecule has 1 unspecified atom stereocenters.